The zero-order chi connectivity index (χ0) is 15.9. The van der Waals surface area contributed by atoms with Crippen molar-refractivity contribution in [1.29, 1.82) is 0 Å². The Morgan fingerprint density at radius 1 is 1.09 bits per heavy atom. The number of benzene rings is 1. The van der Waals surface area contributed by atoms with Crippen LogP contribution in [0.5, 0.6) is 0 Å². The standard InChI is InChI=1S/C20H33NS/c1-5-13-21(14-6-2)18-12-11-17-9-8-10-19(22-15-7-3)20(17)16(18)4/h8-10,16,18H,5-7,11-15H2,1-4H3. The minimum atomic E-state index is 0.669. The molecule has 1 aliphatic rings. The molecule has 0 saturated carbocycles. The van der Waals surface area contributed by atoms with Crippen LogP contribution in [0.15, 0.2) is 23.1 Å². The van der Waals surface area contributed by atoms with Gasteiger partial charge in [-0.05, 0) is 74.1 Å². The summed E-state index contributed by atoms with van der Waals surface area (Å²) in [6.07, 6.45) is 6.37. The summed E-state index contributed by atoms with van der Waals surface area (Å²) >= 11 is 2.06. The molecule has 2 heteroatoms. The Labute approximate surface area is 141 Å². The van der Waals surface area contributed by atoms with Crippen LogP contribution in [-0.2, 0) is 6.42 Å². The summed E-state index contributed by atoms with van der Waals surface area (Å²) in [7, 11) is 0. The smallest absolute Gasteiger partial charge is 0.0165 e. The van der Waals surface area contributed by atoms with Gasteiger partial charge < -0.3 is 0 Å². The fraction of sp³-hybridized carbons (Fsp3) is 0.700. The highest BCUT2D eigenvalue weighted by Gasteiger charge is 2.31. The normalized spacial score (nSPS) is 21.1. The van der Waals surface area contributed by atoms with Crippen LogP contribution >= 0.6 is 11.8 Å². The van der Waals surface area contributed by atoms with Gasteiger partial charge in [-0.3, -0.25) is 4.90 Å². The number of hydrogen-bond acceptors (Lipinski definition) is 2. The number of thioether (sulfide) groups is 1. The van der Waals surface area contributed by atoms with E-state index in [2.05, 4.69) is 62.6 Å². The van der Waals surface area contributed by atoms with Crippen LogP contribution in [0.3, 0.4) is 0 Å². The molecule has 0 aromatic heterocycles. The molecule has 124 valence electrons. The first kappa shape index (κ1) is 17.9. The first-order valence-corrected chi connectivity index (χ1v) is 10.2. The van der Waals surface area contributed by atoms with Gasteiger partial charge in [0.2, 0.25) is 0 Å². The minimum Gasteiger partial charge on any atom is -0.300 e. The molecular formula is C20H33NS. The minimum absolute atomic E-state index is 0.669. The van der Waals surface area contributed by atoms with E-state index >= 15 is 0 Å². The zero-order valence-corrected chi connectivity index (χ0v) is 15.7. The lowest BCUT2D eigenvalue weighted by atomic mass is 9.79. The molecule has 22 heavy (non-hydrogen) atoms. The fourth-order valence-corrected chi connectivity index (χ4v) is 5.00. The van der Waals surface area contributed by atoms with Crippen LogP contribution < -0.4 is 0 Å². The molecule has 1 aliphatic carbocycles. The van der Waals surface area contributed by atoms with Crippen LogP contribution in [0.2, 0.25) is 0 Å². The van der Waals surface area contributed by atoms with Crippen molar-refractivity contribution in [2.75, 3.05) is 18.8 Å². The molecular weight excluding hydrogens is 286 g/mol. The van der Waals surface area contributed by atoms with Gasteiger partial charge in [0.1, 0.15) is 0 Å². The Balaban J connectivity index is 2.24. The average Bonchev–Trinajstić information content (AvgIpc) is 2.53. The lowest BCUT2D eigenvalue weighted by Crippen LogP contribution is -2.42. The van der Waals surface area contributed by atoms with Crippen LogP contribution in [0.25, 0.3) is 0 Å². The number of hydrogen-bond donors (Lipinski definition) is 0. The van der Waals surface area contributed by atoms with Gasteiger partial charge in [0.15, 0.2) is 0 Å². The molecule has 0 spiro atoms. The molecule has 0 amide bonds. The molecule has 2 unspecified atom stereocenters. The average molecular weight is 320 g/mol. The fourth-order valence-electron chi connectivity index (χ4n) is 3.92. The van der Waals surface area contributed by atoms with Crippen molar-refractivity contribution in [3.63, 3.8) is 0 Å². The van der Waals surface area contributed by atoms with Gasteiger partial charge in [0.05, 0.1) is 0 Å². The lowest BCUT2D eigenvalue weighted by molar-refractivity contribution is 0.158. The second-order valence-corrected chi connectivity index (χ2v) is 7.74. The van der Waals surface area contributed by atoms with E-state index in [-0.39, 0.29) is 0 Å². The highest BCUT2D eigenvalue weighted by molar-refractivity contribution is 7.99. The molecule has 1 aromatic rings. The Morgan fingerprint density at radius 3 is 2.45 bits per heavy atom. The SMILES string of the molecule is CCCSc1cccc2c1C(C)C(N(CCC)CCC)CC2. The topological polar surface area (TPSA) is 3.24 Å². The lowest BCUT2D eigenvalue weighted by Gasteiger charge is -2.40. The van der Waals surface area contributed by atoms with Gasteiger partial charge in [0.25, 0.3) is 0 Å². The molecule has 0 N–H and O–H groups in total. The van der Waals surface area contributed by atoms with Crippen molar-refractivity contribution < 1.29 is 0 Å². The molecule has 0 fully saturated rings. The van der Waals surface area contributed by atoms with E-state index in [4.69, 9.17) is 0 Å². The largest absolute Gasteiger partial charge is 0.300 e. The van der Waals surface area contributed by atoms with E-state index in [0.717, 1.165) is 6.04 Å². The van der Waals surface area contributed by atoms with Crippen molar-refractivity contribution >= 4 is 11.8 Å². The van der Waals surface area contributed by atoms with E-state index in [1.165, 1.54) is 50.9 Å². The number of fused-ring (bicyclic) bond motifs is 1. The van der Waals surface area contributed by atoms with Crippen molar-refractivity contribution in [2.45, 2.75) is 76.7 Å². The Bertz CT molecular complexity index is 451. The van der Waals surface area contributed by atoms with E-state index in [9.17, 15) is 0 Å². The summed E-state index contributed by atoms with van der Waals surface area (Å²) in [5, 5.41) is 0. The van der Waals surface area contributed by atoms with Gasteiger partial charge in [-0.15, -0.1) is 11.8 Å². The first-order chi connectivity index (χ1) is 10.7. The van der Waals surface area contributed by atoms with E-state index < -0.39 is 0 Å². The van der Waals surface area contributed by atoms with E-state index in [0.29, 0.717) is 5.92 Å². The summed E-state index contributed by atoms with van der Waals surface area (Å²) in [5.41, 5.74) is 3.27. The second-order valence-electron chi connectivity index (χ2n) is 6.61. The maximum absolute atomic E-state index is 2.76. The molecule has 0 saturated heterocycles. The van der Waals surface area contributed by atoms with Crippen LogP contribution in [0.4, 0.5) is 0 Å². The number of aryl methyl sites for hydroxylation is 1. The van der Waals surface area contributed by atoms with Crippen LogP contribution in [0.1, 0.15) is 70.4 Å². The van der Waals surface area contributed by atoms with Gasteiger partial charge >= 0.3 is 0 Å². The van der Waals surface area contributed by atoms with Crippen LogP contribution in [-0.4, -0.2) is 29.8 Å². The Hall–Kier alpha value is -0.470. The van der Waals surface area contributed by atoms with Gasteiger partial charge in [-0.25, -0.2) is 0 Å². The monoisotopic (exact) mass is 319 g/mol. The van der Waals surface area contributed by atoms with E-state index in [1.807, 2.05) is 0 Å². The zero-order valence-electron chi connectivity index (χ0n) is 14.9. The van der Waals surface area contributed by atoms with Gasteiger partial charge in [0, 0.05) is 10.9 Å². The second kappa shape index (κ2) is 8.98. The predicted molar refractivity (Wildman–Crippen MR) is 100 cm³/mol. The van der Waals surface area contributed by atoms with Crippen molar-refractivity contribution in [3.05, 3.63) is 29.3 Å². The number of nitrogens with zero attached hydrogens (tertiary/aromatic N) is 1. The molecule has 2 rings (SSSR count). The third-order valence-corrected chi connectivity index (χ3v) is 6.13. The van der Waals surface area contributed by atoms with Crippen LogP contribution in [0, 0.1) is 0 Å². The molecule has 0 bridgehead atoms. The summed E-state index contributed by atoms with van der Waals surface area (Å²) < 4.78 is 0. The van der Waals surface area contributed by atoms with Gasteiger partial charge in [-0.1, -0.05) is 39.8 Å². The quantitative estimate of drug-likeness (QED) is 0.563. The summed E-state index contributed by atoms with van der Waals surface area (Å²) in [5.74, 6) is 1.91. The van der Waals surface area contributed by atoms with Crippen molar-refractivity contribution in [2.24, 2.45) is 0 Å². The first-order valence-electron chi connectivity index (χ1n) is 9.21. The third-order valence-electron chi connectivity index (χ3n) is 4.85. The molecule has 1 nitrogen and oxygen atoms in total. The molecule has 0 aliphatic heterocycles. The molecule has 0 radical (unpaired) electrons. The maximum Gasteiger partial charge on any atom is 0.0165 e. The predicted octanol–water partition coefficient (Wildman–Crippen LogP) is 5.73. The Kier molecular flexibility index (Phi) is 7.30. The Morgan fingerprint density at radius 2 is 1.82 bits per heavy atom. The molecule has 0 heterocycles. The van der Waals surface area contributed by atoms with Crippen molar-refractivity contribution in [1.82, 2.24) is 4.90 Å². The van der Waals surface area contributed by atoms with E-state index in [1.54, 1.807) is 16.0 Å². The number of rotatable bonds is 8. The molecule has 2 atom stereocenters. The third kappa shape index (κ3) is 4.08. The highest BCUT2D eigenvalue weighted by atomic mass is 32.2. The summed E-state index contributed by atoms with van der Waals surface area (Å²) in [4.78, 5) is 4.30. The molecule has 1 aromatic carbocycles. The summed E-state index contributed by atoms with van der Waals surface area (Å²) in [6.45, 7) is 11.9. The summed E-state index contributed by atoms with van der Waals surface area (Å²) in [6, 6.07) is 7.71. The highest BCUT2D eigenvalue weighted by Crippen LogP contribution is 2.40. The van der Waals surface area contributed by atoms with Gasteiger partial charge in [-0.2, -0.15) is 0 Å². The maximum atomic E-state index is 2.76. The van der Waals surface area contributed by atoms with Crippen molar-refractivity contribution in [3.8, 4) is 0 Å².